The Bertz CT molecular complexity index is 541. The fourth-order valence-corrected chi connectivity index (χ4v) is 4.16. The number of hydrogen-bond donors (Lipinski definition) is 2. The summed E-state index contributed by atoms with van der Waals surface area (Å²) in [5.74, 6) is 0. The molecule has 0 aliphatic carbocycles. The van der Waals surface area contributed by atoms with E-state index >= 15 is 0 Å². The van der Waals surface area contributed by atoms with Crippen molar-refractivity contribution in [2.45, 2.75) is 31.5 Å². The van der Waals surface area contributed by atoms with Gasteiger partial charge in [0.2, 0.25) is 0 Å². The van der Waals surface area contributed by atoms with E-state index in [1.165, 1.54) is 22.7 Å². The maximum absolute atomic E-state index is 12.4. The quantitative estimate of drug-likeness (QED) is 0.676. The van der Waals surface area contributed by atoms with Crippen molar-refractivity contribution in [1.82, 2.24) is 19.2 Å². The molecule has 1 spiro atoms. The number of nitrogens with one attached hydrogen (secondary N) is 2. The first-order chi connectivity index (χ1) is 11.3. The molecule has 0 aromatic heterocycles. The number of carbonyl (C=O) groups excluding carboxylic acids is 1. The minimum absolute atomic E-state index is 0.141. The molecule has 2 saturated heterocycles. The van der Waals surface area contributed by atoms with Gasteiger partial charge < -0.3 is 20.1 Å². The Morgan fingerprint density at radius 3 is 2.79 bits per heavy atom. The Balaban J connectivity index is 1.98. The van der Waals surface area contributed by atoms with Gasteiger partial charge in [0.1, 0.15) is 5.60 Å². The van der Waals surface area contributed by atoms with Crippen molar-refractivity contribution < 1.29 is 22.7 Å². The summed E-state index contributed by atoms with van der Waals surface area (Å²) >= 11 is 0. The molecule has 2 amide bonds. The highest BCUT2D eigenvalue weighted by Gasteiger charge is 2.45. The van der Waals surface area contributed by atoms with E-state index in [-0.39, 0.29) is 18.7 Å². The summed E-state index contributed by atoms with van der Waals surface area (Å²) in [5.41, 5.74) is -0.646. The van der Waals surface area contributed by atoms with Crippen molar-refractivity contribution in [2.75, 3.05) is 53.5 Å². The first-order valence-electron chi connectivity index (χ1n) is 8.24. The summed E-state index contributed by atoms with van der Waals surface area (Å²) < 4.78 is 39.2. The van der Waals surface area contributed by atoms with E-state index < -0.39 is 15.8 Å². The van der Waals surface area contributed by atoms with E-state index in [0.29, 0.717) is 39.3 Å². The molecule has 0 aromatic rings. The Labute approximate surface area is 143 Å². The van der Waals surface area contributed by atoms with Crippen molar-refractivity contribution in [2.24, 2.45) is 0 Å². The predicted molar refractivity (Wildman–Crippen MR) is 88.9 cm³/mol. The summed E-state index contributed by atoms with van der Waals surface area (Å²) in [4.78, 5) is 11.5. The van der Waals surface area contributed by atoms with Crippen LogP contribution in [0.3, 0.4) is 0 Å². The van der Waals surface area contributed by atoms with Crippen molar-refractivity contribution in [1.29, 1.82) is 0 Å². The van der Waals surface area contributed by atoms with Crippen molar-refractivity contribution >= 4 is 16.2 Å². The highest BCUT2D eigenvalue weighted by Crippen LogP contribution is 2.33. The van der Waals surface area contributed by atoms with Gasteiger partial charge in [-0.15, -0.1) is 0 Å². The van der Waals surface area contributed by atoms with Gasteiger partial charge in [-0.2, -0.15) is 17.0 Å². The van der Waals surface area contributed by atoms with E-state index in [4.69, 9.17) is 9.47 Å². The summed E-state index contributed by atoms with van der Waals surface area (Å²) in [6.45, 7) is 4.10. The second kappa shape index (κ2) is 7.96. The molecule has 0 aromatic carbocycles. The topological polar surface area (TPSA) is 100 Å². The molecule has 2 N–H and O–H groups in total. The zero-order valence-electron chi connectivity index (χ0n) is 14.6. The zero-order chi connectivity index (χ0) is 17.8. The molecule has 0 saturated carbocycles. The predicted octanol–water partition coefficient (Wildman–Crippen LogP) is -0.638. The van der Waals surface area contributed by atoms with Crippen LogP contribution < -0.4 is 10.6 Å². The number of ether oxygens (including phenoxy) is 2. The van der Waals surface area contributed by atoms with Crippen LogP contribution in [0.5, 0.6) is 0 Å². The lowest BCUT2D eigenvalue weighted by atomic mass is 10.0. The lowest BCUT2D eigenvalue weighted by molar-refractivity contribution is -0.0803. The van der Waals surface area contributed by atoms with Crippen LogP contribution in [-0.4, -0.2) is 88.3 Å². The number of rotatable bonds is 5. The monoisotopic (exact) mass is 364 g/mol. The molecule has 2 rings (SSSR count). The molecule has 0 bridgehead atoms. The van der Waals surface area contributed by atoms with Gasteiger partial charge in [0, 0.05) is 40.3 Å². The minimum Gasteiger partial charge on any atom is -0.377 e. The molecule has 2 aliphatic heterocycles. The van der Waals surface area contributed by atoms with E-state index in [1.807, 2.05) is 6.92 Å². The second-order valence-corrected chi connectivity index (χ2v) is 8.52. The van der Waals surface area contributed by atoms with Crippen LogP contribution in [0.25, 0.3) is 0 Å². The molecule has 0 unspecified atom stereocenters. The molecule has 2 aliphatic rings. The fourth-order valence-electron chi connectivity index (χ4n) is 2.99. The average molecular weight is 364 g/mol. The van der Waals surface area contributed by atoms with Crippen LogP contribution >= 0.6 is 0 Å². The Hall–Kier alpha value is -0.940. The number of hydrogen-bond acceptors (Lipinski definition) is 5. The van der Waals surface area contributed by atoms with Gasteiger partial charge in [-0.1, -0.05) is 0 Å². The van der Waals surface area contributed by atoms with Crippen LogP contribution in [0.15, 0.2) is 0 Å². The maximum atomic E-state index is 12.4. The van der Waals surface area contributed by atoms with E-state index in [9.17, 15) is 13.2 Å². The molecule has 2 fully saturated rings. The number of carbonyl (C=O) groups is 1. The lowest BCUT2D eigenvalue weighted by Crippen LogP contribution is -2.50. The highest BCUT2D eigenvalue weighted by molar-refractivity contribution is 7.86. The van der Waals surface area contributed by atoms with E-state index in [2.05, 4.69) is 10.6 Å². The molecule has 0 radical (unpaired) electrons. The first kappa shape index (κ1) is 19.4. The fraction of sp³-hybridized carbons (Fsp3) is 0.929. The third kappa shape index (κ3) is 4.57. The first-order valence-corrected chi connectivity index (χ1v) is 9.63. The minimum atomic E-state index is -3.51. The van der Waals surface area contributed by atoms with Gasteiger partial charge in [-0.3, -0.25) is 0 Å². The molecule has 2 atom stereocenters. The maximum Gasteiger partial charge on any atom is 0.314 e. The lowest BCUT2D eigenvalue weighted by Gasteiger charge is -2.32. The zero-order valence-corrected chi connectivity index (χ0v) is 15.4. The molecule has 24 heavy (non-hydrogen) atoms. The summed E-state index contributed by atoms with van der Waals surface area (Å²) in [7, 11) is -0.478. The van der Waals surface area contributed by atoms with Gasteiger partial charge in [0.15, 0.2) is 0 Å². The largest absolute Gasteiger partial charge is 0.377 e. The Kier molecular flexibility index (Phi) is 6.43. The van der Waals surface area contributed by atoms with Gasteiger partial charge >= 0.3 is 6.03 Å². The molecular weight excluding hydrogens is 336 g/mol. The molecule has 2 heterocycles. The van der Waals surface area contributed by atoms with Crippen LogP contribution in [0.1, 0.15) is 19.8 Å². The Morgan fingerprint density at radius 1 is 1.38 bits per heavy atom. The second-order valence-electron chi connectivity index (χ2n) is 6.38. The summed E-state index contributed by atoms with van der Waals surface area (Å²) in [6.07, 6.45) is 1.32. The number of nitrogens with zero attached hydrogens (tertiary/aromatic N) is 2. The van der Waals surface area contributed by atoms with Crippen molar-refractivity contribution in [3.05, 3.63) is 0 Å². The third-order valence-corrected chi connectivity index (χ3v) is 6.16. The van der Waals surface area contributed by atoms with Crippen LogP contribution in [0.2, 0.25) is 0 Å². The molecular formula is C14H28N4O5S. The number of amides is 2. The van der Waals surface area contributed by atoms with Crippen LogP contribution in [0.4, 0.5) is 4.79 Å². The van der Waals surface area contributed by atoms with E-state index in [0.717, 1.165) is 6.42 Å². The summed E-state index contributed by atoms with van der Waals surface area (Å²) in [6, 6.07) is -0.226. The van der Waals surface area contributed by atoms with Gasteiger partial charge in [0.05, 0.1) is 19.3 Å². The number of urea groups is 1. The van der Waals surface area contributed by atoms with Gasteiger partial charge in [-0.05, 0) is 19.8 Å². The third-order valence-electron chi connectivity index (χ3n) is 4.27. The SMILES string of the molecule is CCNC(=O)NC[C@H]1CC[C@@]2(COCCN(S(=O)(=O)N(C)C)C2)O1. The standard InChI is InChI=1S/C14H28N4O5S/c1-4-15-13(19)16-9-12-5-6-14(23-12)10-18(7-8-22-11-14)24(20,21)17(2)3/h12H,4-11H2,1-3H3,(H2,15,16,19)/t12-,14-/m1/s1. The summed E-state index contributed by atoms with van der Waals surface area (Å²) in [5, 5.41) is 5.43. The molecule has 10 heteroatoms. The van der Waals surface area contributed by atoms with Crippen LogP contribution in [-0.2, 0) is 19.7 Å². The van der Waals surface area contributed by atoms with Gasteiger partial charge in [0.25, 0.3) is 10.2 Å². The molecule has 9 nitrogen and oxygen atoms in total. The van der Waals surface area contributed by atoms with Crippen LogP contribution in [0, 0.1) is 0 Å². The normalized spacial score (nSPS) is 28.9. The average Bonchev–Trinajstić information content (AvgIpc) is 2.78. The van der Waals surface area contributed by atoms with Crippen molar-refractivity contribution in [3.8, 4) is 0 Å². The van der Waals surface area contributed by atoms with E-state index in [1.54, 1.807) is 0 Å². The highest BCUT2D eigenvalue weighted by atomic mass is 32.2. The smallest absolute Gasteiger partial charge is 0.314 e. The Morgan fingerprint density at radius 2 is 2.12 bits per heavy atom. The van der Waals surface area contributed by atoms with Gasteiger partial charge in [-0.25, -0.2) is 4.79 Å². The molecule has 140 valence electrons. The van der Waals surface area contributed by atoms with Crippen molar-refractivity contribution in [3.63, 3.8) is 0 Å².